The predicted molar refractivity (Wildman–Crippen MR) is 93.1 cm³/mol. The Labute approximate surface area is 139 Å². The summed E-state index contributed by atoms with van der Waals surface area (Å²) < 4.78 is 1.26. The summed E-state index contributed by atoms with van der Waals surface area (Å²) in [6.45, 7) is 3.15. The molecule has 2 rings (SSSR count). The van der Waals surface area contributed by atoms with Crippen LogP contribution in [-0.2, 0) is 6.42 Å². The summed E-state index contributed by atoms with van der Waals surface area (Å²) >= 11 is 8.61. The molecule has 0 radical (unpaired) electrons. The lowest BCUT2D eigenvalue weighted by Crippen LogP contribution is -2.24. The van der Waals surface area contributed by atoms with Gasteiger partial charge in [0.1, 0.15) is 0 Å². The Morgan fingerprint density at radius 3 is 2.65 bits per heavy atom. The summed E-state index contributed by atoms with van der Waals surface area (Å²) in [7, 11) is 0. The van der Waals surface area contributed by atoms with Crippen molar-refractivity contribution in [3.8, 4) is 0 Å². The van der Waals surface area contributed by atoms with Gasteiger partial charge in [-0.3, -0.25) is 4.98 Å². The summed E-state index contributed by atoms with van der Waals surface area (Å²) in [4.78, 5) is 4.07. The minimum Gasteiger partial charge on any atom is -0.310 e. The van der Waals surface area contributed by atoms with E-state index in [-0.39, 0.29) is 6.04 Å². The number of hydrogen-bond donors (Lipinski definition) is 1. The number of benzene rings is 1. The van der Waals surface area contributed by atoms with E-state index in [1.54, 1.807) is 12.4 Å². The Morgan fingerprint density at radius 2 is 2.00 bits per heavy atom. The first-order chi connectivity index (χ1) is 9.70. The second kappa shape index (κ2) is 7.96. The lowest BCUT2D eigenvalue weighted by Gasteiger charge is -2.20. The van der Waals surface area contributed by atoms with Gasteiger partial charge < -0.3 is 5.32 Å². The molecule has 20 heavy (non-hydrogen) atoms. The van der Waals surface area contributed by atoms with E-state index in [1.807, 2.05) is 6.07 Å². The van der Waals surface area contributed by atoms with Crippen molar-refractivity contribution in [1.29, 1.82) is 0 Å². The van der Waals surface area contributed by atoms with E-state index in [9.17, 15) is 0 Å². The average Bonchev–Trinajstić information content (AvgIpc) is 2.46. The Kier molecular flexibility index (Phi) is 6.26. The van der Waals surface area contributed by atoms with Crippen molar-refractivity contribution in [2.24, 2.45) is 0 Å². The van der Waals surface area contributed by atoms with Crippen LogP contribution in [0.3, 0.4) is 0 Å². The third-order valence-corrected chi connectivity index (χ3v) is 4.21. The molecule has 0 bridgehead atoms. The van der Waals surface area contributed by atoms with Crippen LogP contribution in [0.1, 0.15) is 30.5 Å². The Hall–Kier alpha value is -0.650. The molecular formula is C16H18ClIN2. The highest BCUT2D eigenvalue weighted by atomic mass is 127. The van der Waals surface area contributed by atoms with Crippen molar-refractivity contribution in [2.75, 3.05) is 6.54 Å². The molecule has 0 aliphatic heterocycles. The van der Waals surface area contributed by atoms with Crippen molar-refractivity contribution in [3.63, 3.8) is 0 Å². The van der Waals surface area contributed by atoms with Gasteiger partial charge in [-0.25, -0.2) is 0 Å². The van der Waals surface area contributed by atoms with Crippen LogP contribution >= 0.6 is 34.2 Å². The maximum atomic E-state index is 6.29. The molecular weight excluding hydrogens is 383 g/mol. The Balaban J connectivity index is 2.19. The van der Waals surface area contributed by atoms with Gasteiger partial charge in [-0.05, 0) is 71.3 Å². The van der Waals surface area contributed by atoms with E-state index in [2.05, 4.69) is 64.1 Å². The lowest BCUT2D eigenvalue weighted by atomic mass is 9.99. The highest BCUT2D eigenvalue weighted by molar-refractivity contribution is 14.1. The summed E-state index contributed by atoms with van der Waals surface area (Å²) in [6.07, 6.45) is 5.55. The number of pyridine rings is 1. The zero-order valence-electron chi connectivity index (χ0n) is 11.4. The number of nitrogens with one attached hydrogen (secondary N) is 1. The molecule has 1 aromatic heterocycles. The molecule has 0 aliphatic rings. The van der Waals surface area contributed by atoms with Crippen molar-refractivity contribution in [2.45, 2.75) is 25.8 Å². The minimum atomic E-state index is 0.227. The van der Waals surface area contributed by atoms with Gasteiger partial charge in [0.05, 0.1) is 5.02 Å². The quantitative estimate of drug-likeness (QED) is 0.716. The highest BCUT2D eigenvalue weighted by Gasteiger charge is 2.14. The predicted octanol–water partition coefficient (Wildman–Crippen LogP) is 4.62. The van der Waals surface area contributed by atoms with E-state index >= 15 is 0 Å². The molecule has 0 saturated carbocycles. The van der Waals surface area contributed by atoms with Gasteiger partial charge in [0.25, 0.3) is 0 Å². The average molecular weight is 401 g/mol. The first kappa shape index (κ1) is 15.7. The smallest absolute Gasteiger partial charge is 0.0637 e. The Morgan fingerprint density at radius 1 is 1.25 bits per heavy atom. The fourth-order valence-corrected chi connectivity index (χ4v) is 2.75. The molecule has 0 amide bonds. The molecule has 1 unspecified atom stereocenters. The topological polar surface area (TPSA) is 24.9 Å². The SMILES string of the molecule is CCCNC(Cc1ccc(I)cc1)c1ccncc1Cl. The van der Waals surface area contributed by atoms with Gasteiger partial charge >= 0.3 is 0 Å². The third kappa shape index (κ3) is 4.43. The van der Waals surface area contributed by atoms with E-state index < -0.39 is 0 Å². The van der Waals surface area contributed by atoms with E-state index in [0.29, 0.717) is 0 Å². The summed E-state index contributed by atoms with van der Waals surface area (Å²) in [5.74, 6) is 0. The van der Waals surface area contributed by atoms with Crippen LogP contribution in [0.5, 0.6) is 0 Å². The summed E-state index contributed by atoms with van der Waals surface area (Å²) in [5.41, 5.74) is 2.43. The molecule has 1 atom stereocenters. The molecule has 106 valence electrons. The van der Waals surface area contributed by atoms with Gasteiger partial charge in [-0.2, -0.15) is 0 Å². The molecule has 0 spiro atoms. The van der Waals surface area contributed by atoms with Crippen LogP contribution in [0.15, 0.2) is 42.7 Å². The molecule has 1 heterocycles. The maximum absolute atomic E-state index is 6.29. The largest absolute Gasteiger partial charge is 0.310 e. The second-order valence-corrected chi connectivity index (χ2v) is 6.39. The number of nitrogens with zero attached hydrogens (tertiary/aromatic N) is 1. The molecule has 1 N–H and O–H groups in total. The molecule has 1 aromatic carbocycles. The fourth-order valence-electron chi connectivity index (χ4n) is 2.14. The summed E-state index contributed by atoms with van der Waals surface area (Å²) in [5, 5.41) is 4.30. The molecule has 2 nitrogen and oxygen atoms in total. The normalized spacial score (nSPS) is 12.3. The van der Waals surface area contributed by atoms with E-state index in [1.165, 1.54) is 9.13 Å². The van der Waals surface area contributed by atoms with Gasteiger partial charge in [-0.1, -0.05) is 30.7 Å². The monoisotopic (exact) mass is 400 g/mol. The first-order valence-corrected chi connectivity index (χ1v) is 8.23. The first-order valence-electron chi connectivity index (χ1n) is 6.78. The zero-order valence-corrected chi connectivity index (χ0v) is 14.4. The fraction of sp³-hybridized carbons (Fsp3) is 0.312. The van der Waals surface area contributed by atoms with Crippen LogP contribution in [0.2, 0.25) is 5.02 Å². The van der Waals surface area contributed by atoms with Crippen molar-refractivity contribution in [3.05, 3.63) is 62.4 Å². The van der Waals surface area contributed by atoms with Gasteiger partial charge in [0.15, 0.2) is 0 Å². The molecule has 0 fully saturated rings. The molecule has 0 aliphatic carbocycles. The van der Waals surface area contributed by atoms with Gasteiger partial charge in [0, 0.05) is 22.0 Å². The zero-order chi connectivity index (χ0) is 14.4. The Bertz CT molecular complexity index is 542. The van der Waals surface area contributed by atoms with E-state index in [4.69, 9.17) is 11.6 Å². The molecule has 2 aromatic rings. The van der Waals surface area contributed by atoms with Crippen molar-refractivity contribution < 1.29 is 0 Å². The number of aromatic nitrogens is 1. The number of halogens is 2. The summed E-state index contributed by atoms with van der Waals surface area (Å²) in [6, 6.07) is 10.9. The van der Waals surface area contributed by atoms with Crippen LogP contribution in [0, 0.1) is 3.57 Å². The minimum absolute atomic E-state index is 0.227. The van der Waals surface area contributed by atoms with Crippen LogP contribution in [-0.4, -0.2) is 11.5 Å². The highest BCUT2D eigenvalue weighted by Crippen LogP contribution is 2.25. The lowest BCUT2D eigenvalue weighted by molar-refractivity contribution is 0.529. The van der Waals surface area contributed by atoms with Crippen molar-refractivity contribution >= 4 is 34.2 Å². The number of rotatable bonds is 6. The molecule has 0 saturated heterocycles. The third-order valence-electron chi connectivity index (χ3n) is 3.17. The van der Waals surface area contributed by atoms with Gasteiger partial charge in [0.2, 0.25) is 0 Å². The van der Waals surface area contributed by atoms with Crippen LogP contribution < -0.4 is 5.32 Å². The standard InChI is InChI=1S/C16H18ClIN2/c1-2-8-20-16(14-7-9-19-11-15(14)17)10-12-3-5-13(18)6-4-12/h3-7,9,11,16,20H,2,8,10H2,1H3. The van der Waals surface area contributed by atoms with Crippen LogP contribution in [0.25, 0.3) is 0 Å². The maximum Gasteiger partial charge on any atom is 0.0637 e. The van der Waals surface area contributed by atoms with E-state index in [0.717, 1.165) is 30.0 Å². The number of hydrogen-bond acceptors (Lipinski definition) is 2. The second-order valence-electron chi connectivity index (χ2n) is 4.73. The van der Waals surface area contributed by atoms with Gasteiger partial charge in [-0.15, -0.1) is 0 Å². The van der Waals surface area contributed by atoms with Crippen LogP contribution in [0.4, 0.5) is 0 Å². The molecule has 4 heteroatoms. The van der Waals surface area contributed by atoms with Crippen molar-refractivity contribution in [1.82, 2.24) is 10.3 Å².